The van der Waals surface area contributed by atoms with Gasteiger partial charge in [0.2, 0.25) is 5.91 Å². The van der Waals surface area contributed by atoms with Crippen molar-refractivity contribution in [2.75, 3.05) is 11.9 Å². The summed E-state index contributed by atoms with van der Waals surface area (Å²) in [5, 5.41) is 12.3. The molecular weight excluding hydrogens is 318 g/mol. The van der Waals surface area contributed by atoms with Gasteiger partial charge >= 0.3 is 0 Å². The summed E-state index contributed by atoms with van der Waals surface area (Å²) in [5.74, 6) is 0.0999. The molecule has 1 aliphatic rings. The molecule has 0 aromatic heterocycles. The van der Waals surface area contributed by atoms with Gasteiger partial charge in [0.25, 0.3) is 0 Å². The van der Waals surface area contributed by atoms with Gasteiger partial charge in [-0.15, -0.1) is 0 Å². The second-order valence-electron chi connectivity index (χ2n) is 4.91. The number of benzene rings is 1. The van der Waals surface area contributed by atoms with Crippen LogP contribution < -0.4 is 10.2 Å². The van der Waals surface area contributed by atoms with Crippen LogP contribution in [0.25, 0.3) is 0 Å². The van der Waals surface area contributed by atoms with Crippen LogP contribution in [0.3, 0.4) is 0 Å². The lowest BCUT2D eigenvalue weighted by atomic mass is 10.1. The van der Waals surface area contributed by atoms with E-state index in [4.69, 9.17) is 0 Å². The van der Waals surface area contributed by atoms with Crippen LogP contribution in [-0.2, 0) is 4.79 Å². The molecule has 0 saturated heterocycles. The average Bonchev–Trinajstić information content (AvgIpc) is 2.61. The van der Waals surface area contributed by atoms with Crippen molar-refractivity contribution in [3.05, 3.63) is 39.1 Å². The van der Waals surface area contributed by atoms with Crippen LogP contribution >= 0.6 is 15.9 Å². The summed E-state index contributed by atoms with van der Waals surface area (Å²) in [4.78, 5) is 14.1. The summed E-state index contributed by atoms with van der Waals surface area (Å²) in [6.45, 7) is 5.69. The van der Waals surface area contributed by atoms with E-state index in [1.807, 2.05) is 26.0 Å². The summed E-state index contributed by atoms with van der Waals surface area (Å²) >= 11 is 3.46. The van der Waals surface area contributed by atoms with Crippen molar-refractivity contribution in [2.24, 2.45) is 5.92 Å². The van der Waals surface area contributed by atoms with E-state index in [1.165, 1.54) is 0 Å². The van der Waals surface area contributed by atoms with Gasteiger partial charge < -0.3 is 5.32 Å². The van der Waals surface area contributed by atoms with Gasteiger partial charge in [0.1, 0.15) is 5.82 Å². The van der Waals surface area contributed by atoms with Gasteiger partial charge in [0.05, 0.1) is 23.2 Å². The summed E-state index contributed by atoms with van der Waals surface area (Å²) in [6.07, 6.45) is 0. The van der Waals surface area contributed by atoms with E-state index >= 15 is 0 Å². The normalized spacial score (nSPS) is 18.5. The van der Waals surface area contributed by atoms with Crippen LogP contribution in [0, 0.1) is 31.1 Å². The van der Waals surface area contributed by atoms with Gasteiger partial charge in [0, 0.05) is 11.5 Å². The number of halogens is 1. The lowest BCUT2D eigenvalue weighted by Crippen LogP contribution is -2.33. The Bertz CT molecular complexity index is 635. The van der Waals surface area contributed by atoms with Gasteiger partial charge in [-0.2, -0.15) is 5.26 Å². The summed E-state index contributed by atoms with van der Waals surface area (Å²) in [5.41, 5.74) is 3.31. The molecule has 5 heteroatoms. The van der Waals surface area contributed by atoms with E-state index in [0.29, 0.717) is 11.4 Å². The first-order valence-corrected chi connectivity index (χ1v) is 7.14. The molecule has 1 atom stereocenters. The highest BCUT2D eigenvalue weighted by atomic mass is 79.9. The Kier molecular flexibility index (Phi) is 3.87. The third-order valence-electron chi connectivity index (χ3n) is 3.54. The molecule has 0 spiro atoms. The van der Waals surface area contributed by atoms with Crippen LogP contribution in [0.15, 0.2) is 28.0 Å². The highest BCUT2D eigenvalue weighted by molar-refractivity contribution is 9.10. The fraction of sp³-hybridized carbons (Fsp3) is 0.333. The van der Waals surface area contributed by atoms with Gasteiger partial charge in [-0.05, 0) is 44.0 Å². The maximum atomic E-state index is 12.5. The van der Waals surface area contributed by atoms with Crippen LogP contribution in [0.5, 0.6) is 0 Å². The minimum atomic E-state index is -0.412. The fourth-order valence-electron chi connectivity index (χ4n) is 2.63. The zero-order valence-corrected chi connectivity index (χ0v) is 13.5. The topological polar surface area (TPSA) is 56.1 Å². The molecule has 0 saturated carbocycles. The first-order valence-electron chi connectivity index (χ1n) is 6.35. The van der Waals surface area contributed by atoms with Gasteiger partial charge in [0.15, 0.2) is 0 Å². The predicted octanol–water partition coefficient (Wildman–Crippen LogP) is 3.00. The first-order chi connectivity index (χ1) is 9.42. The zero-order valence-electron chi connectivity index (χ0n) is 11.9. The predicted molar refractivity (Wildman–Crippen MR) is 82.0 cm³/mol. The number of nitrogens with one attached hydrogen (secondary N) is 1. The first kappa shape index (κ1) is 14.6. The van der Waals surface area contributed by atoms with Crippen LogP contribution in [0.1, 0.15) is 18.1 Å². The number of rotatable bonds is 2. The summed E-state index contributed by atoms with van der Waals surface area (Å²) in [6, 6.07) is 6.08. The molecule has 1 aromatic carbocycles. The highest BCUT2D eigenvalue weighted by Gasteiger charge is 2.38. The van der Waals surface area contributed by atoms with E-state index in [-0.39, 0.29) is 5.91 Å². The molecule has 1 unspecified atom stereocenters. The Hall–Kier alpha value is -1.80. The Morgan fingerprint density at radius 2 is 1.90 bits per heavy atom. The number of carbonyl (C=O) groups is 1. The number of nitriles is 1. The molecule has 1 aliphatic heterocycles. The SMILES string of the molecule is CNC1=C(C#N)C(C)C(=O)N1c1c(C)cc(Br)cc1C. The molecule has 2 rings (SSSR count). The van der Waals surface area contributed by atoms with E-state index in [9.17, 15) is 10.1 Å². The third kappa shape index (κ3) is 2.10. The Labute approximate surface area is 127 Å². The number of nitrogens with zero attached hydrogens (tertiary/aromatic N) is 2. The fourth-order valence-corrected chi connectivity index (χ4v) is 3.31. The van der Waals surface area contributed by atoms with Crippen molar-refractivity contribution in [1.82, 2.24) is 5.32 Å². The highest BCUT2D eigenvalue weighted by Crippen LogP contribution is 2.37. The molecule has 1 N–H and O–H groups in total. The number of hydrogen-bond donors (Lipinski definition) is 1. The van der Waals surface area contributed by atoms with Crippen LogP contribution in [0.4, 0.5) is 5.69 Å². The molecule has 4 nitrogen and oxygen atoms in total. The van der Waals surface area contributed by atoms with E-state index in [2.05, 4.69) is 27.3 Å². The standard InChI is InChI=1S/C15H16BrN3O/c1-8-5-11(16)6-9(2)13(8)19-14(18-4)12(7-17)10(3)15(19)20/h5-6,10,18H,1-4H3. The number of carbonyl (C=O) groups excluding carboxylic acids is 1. The van der Waals surface area contributed by atoms with Crippen molar-refractivity contribution in [3.8, 4) is 6.07 Å². The van der Waals surface area contributed by atoms with Crippen molar-refractivity contribution < 1.29 is 4.79 Å². The molecule has 0 radical (unpaired) electrons. The molecular formula is C15H16BrN3O. The molecule has 0 aliphatic carbocycles. The lowest BCUT2D eigenvalue weighted by Gasteiger charge is -2.24. The minimum Gasteiger partial charge on any atom is -0.373 e. The van der Waals surface area contributed by atoms with E-state index < -0.39 is 5.92 Å². The van der Waals surface area contributed by atoms with Gasteiger partial charge in [-0.1, -0.05) is 15.9 Å². The van der Waals surface area contributed by atoms with Crippen molar-refractivity contribution in [3.63, 3.8) is 0 Å². The van der Waals surface area contributed by atoms with Crippen LogP contribution in [-0.4, -0.2) is 13.0 Å². The Morgan fingerprint density at radius 3 is 2.35 bits per heavy atom. The average molecular weight is 334 g/mol. The van der Waals surface area contributed by atoms with Crippen molar-refractivity contribution in [1.29, 1.82) is 5.26 Å². The lowest BCUT2D eigenvalue weighted by molar-refractivity contribution is -0.119. The maximum absolute atomic E-state index is 12.5. The van der Waals surface area contributed by atoms with Crippen molar-refractivity contribution in [2.45, 2.75) is 20.8 Å². The maximum Gasteiger partial charge on any atom is 0.240 e. The molecule has 20 heavy (non-hydrogen) atoms. The largest absolute Gasteiger partial charge is 0.373 e. The number of anilines is 1. The summed E-state index contributed by atoms with van der Waals surface area (Å²) in [7, 11) is 1.73. The van der Waals surface area contributed by atoms with E-state index in [0.717, 1.165) is 21.3 Å². The monoisotopic (exact) mass is 333 g/mol. The zero-order chi connectivity index (χ0) is 15.0. The number of hydrogen-bond acceptors (Lipinski definition) is 3. The molecule has 0 bridgehead atoms. The van der Waals surface area contributed by atoms with E-state index in [1.54, 1.807) is 18.9 Å². The Balaban J connectivity index is 2.67. The van der Waals surface area contributed by atoms with Crippen molar-refractivity contribution >= 4 is 27.5 Å². The quantitative estimate of drug-likeness (QED) is 0.905. The number of aryl methyl sites for hydroxylation is 2. The second kappa shape index (κ2) is 5.29. The van der Waals surface area contributed by atoms with Gasteiger partial charge in [-0.25, -0.2) is 0 Å². The molecule has 1 amide bonds. The molecule has 1 aromatic rings. The molecule has 0 fully saturated rings. The molecule has 1 heterocycles. The van der Waals surface area contributed by atoms with Crippen LogP contribution in [0.2, 0.25) is 0 Å². The second-order valence-corrected chi connectivity index (χ2v) is 5.82. The Morgan fingerprint density at radius 1 is 1.35 bits per heavy atom. The summed E-state index contributed by atoms with van der Waals surface area (Å²) < 4.78 is 0.978. The third-order valence-corrected chi connectivity index (χ3v) is 4.00. The van der Waals surface area contributed by atoms with Gasteiger partial charge in [-0.3, -0.25) is 9.69 Å². The smallest absolute Gasteiger partial charge is 0.240 e. The minimum absolute atomic E-state index is 0.0700. The number of amides is 1. The molecule has 104 valence electrons.